The summed E-state index contributed by atoms with van der Waals surface area (Å²) in [5.74, 6) is -5.45. The molecule has 1 aromatic heterocycles. The molecule has 19 heteroatoms. The molecule has 0 bridgehead atoms. The molecule has 5 rings (SSSR count). The van der Waals surface area contributed by atoms with E-state index in [0.29, 0.717) is 114 Å². The minimum Gasteiger partial charge on any atom is -0.494 e. The Morgan fingerprint density at radius 3 is 2.02 bits per heavy atom. The van der Waals surface area contributed by atoms with E-state index >= 15 is 0 Å². The highest BCUT2D eigenvalue weighted by Gasteiger charge is 2.47. The van der Waals surface area contributed by atoms with E-state index in [2.05, 4.69) is 14.8 Å². The van der Waals surface area contributed by atoms with Crippen LogP contribution in [0.2, 0.25) is 0 Å². The van der Waals surface area contributed by atoms with Gasteiger partial charge in [0.15, 0.2) is 5.78 Å². The Morgan fingerprint density at radius 2 is 1.41 bits per heavy atom. The normalized spacial score (nSPS) is 20.7. The summed E-state index contributed by atoms with van der Waals surface area (Å²) in [5, 5.41) is 28.7. The third-order valence-electron chi connectivity index (χ3n) is 11.1. The highest BCUT2D eigenvalue weighted by molar-refractivity contribution is 6.08. The first kappa shape index (κ1) is 45.2. The van der Waals surface area contributed by atoms with Crippen LogP contribution in [-0.2, 0) is 19.2 Å². The Bertz CT molecular complexity index is 1810. The number of rotatable bonds is 15. The minimum atomic E-state index is -3.13. The van der Waals surface area contributed by atoms with Gasteiger partial charge < -0.3 is 29.6 Å². The number of nitrogens with zero attached hydrogens (tertiary/aromatic N) is 9. The maximum Gasteiger partial charge on any atom is 0.317 e. The van der Waals surface area contributed by atoms with Crippen LogP contribution < -0.4 is 4.74 Å². The Morgan fingerprint density at radius 1 is 0.814 bits per heavy atom. The number of hydrogen-bond donors (Lipinski definition) is 2. The smallest absolute Gasteiger partial charge is 0.317 e. The van der Waals surface area contributed by atoms with Gasteiger partial charge in [0.05, 0.1) is 44.4 Å². The van der Waals surface area contributed by atoms with Crippen molar-refractivity contribution in [3.05, 3.63) is 36.0 Å². The van der Waals surface area contributed by atoms with Crippen molar-refractivity contribution in [2.75, 3.05) is 125 Å². The SMILES string of the molecule is CN1CCN(CC(=O)O)CCN(CC(=O)N2CCN(CCCOc3ccc4nccc(C(=O)CCC(=O)N5CC(F)(F)C[C@H]5C#N)c4c3)CC2)CCN(CC(=O)O)CC1. The second-order valence-electron chi connectivity index (χ2n) is 15.5. The summed E-state index contributed by atoms with van der Waals surface area (Å²) in [6.07, 6.45) is 0.980. The first-order chi connectivity index (χ1) is 28.2. The highest BCUT2D eigenvalue weighted by Crippen LogP contribution is 2.32. The lowest BCUT2D eigenvalue weighted by molar-refractivity contribution is -0.139. The van der Waals surface area contributed by atoms with Gasteiger partial charge in [0.25, 0.3) is 5.92 Å². The Labute approximate surface area is 342 Å². The van der Waals surface area contributed by atoms with E-state index in [1.165, 1.54) is 6.20 Å². The molecule has 2 amide bonds. The van der Waals surface area contributed by atoms with Crippen molar-refractivity contribution in [1.29, 1.82) is 5.26 Å². The van der Waals surface area contributed by atoms with E-state index in [1.54, 1.807) is 30.3 Å². The van der Waals surface area contributed by atoms with Crippen molar-refractivity contribution in [3.8, 4) is 11.8 Å². The fourth-order valence-corrected chi connectivity index (χ4v) is 7.64. The van der Waals surface area contributed by atoms with E-state index in [0.717, 1.165) is 11.4 Å². The van der Waals surface area contributed by atoms with Crippen molar-refractivity contribution in [2.45, 2.75) is 37.6 Å². The second-order valence-corrected chi connectivity index (χ2v) is 15.5. The summed E-state index contributed by atoms with van der Waals surface area (Å²) in [7, 11) is 1.94. The molecule has 1 atom stereocenters. The van der Waals surface area contributed by atoms with Crippen LogP contribution in [0.1, 0.15) is 36.0 Å². The van der Waals surface area contributed by atoms with Gasteiger partial charge in [-0.2, -0.15) is 5.26 Å². The van der Waals surface area contributed by atoms with E-state index in [9.17, 15) is 48.2 Å². The number of aliphatic carboxylic acids is 2. The van der Waals surface area contributed by atoms with Crippen LogP contribution >= 0.6 is 0 Å². The fourth-order valence-electron chi connectivity index (χ4n) is 7.64. The third kappa shape index (κ3) is 13.9. The molecule has 59 heavy (non-hydrogen) atoms. The maximum atomic E-state index is 13.8. The topological polar surface area (TPSA) is 194 Å². The van der Waals surface area contributed by atoms with Crippen LogP contribution in [0.3, 0.4) is 0 Å². The van der Waals surface area contributed by atoms with Crippen molar-refractivity contribution in [3.63, 3.8) is 0 Å². The number of carbonyl (C=O) groups is 5. The Hall–Kier alpha value is -4.87. The van der Waals surface area contributed by atoms with Crippen LogP contribution in [0.15, 0.2) is 30.5 Å². The molecule has 2 N–H and O–H groups in total. The number of likely N-dealkylation sites (N-methyl/N-ethyl adjacent to an activating group) is 1. The molecule has 3 fully saturated rings. The van der Waals surface area contributed by atoms with Gasteiger partial charge >= 0.3 is 11.9 Å². The first-order valence-electron chi connectivity index (χ1n) is 20.1. The van der Waals surface area contributed by atoms with Gasteiger partial charge in [0.2, 0.25) is 11.8 Å². The lowest BCUT2D eigenvalue weighted by Gasteiger charge is -2.36. The molecule has 0 radical (unpaired) electrons. The van der Waals surface area contributed by atoms with Gasteiger partial charge in [0.1, 0.15) is 11.8 Å². The monoisotopic (exact) mass is 827 g/mol. The quantitative estimate of drug-likeness (QED) is 0.190. The largest absolute Gasteiger partial charge is 0.494 e. The summed E-state index contributed by atoms with van der Waals surface area (Å²) in [6.45, 7) is 7.02. The van der Waals surface area contributed by atoms with Crippen LogP contribution in [0.25, 0.3) is 10.9 Å². The Kier molecular flexibility index (Phi) is 16.4. The predicted molar refractivity (Wildman–Crippen MR) is 211 cm³/mol. The number of alkyl halides is 2. The minimum absolute atomic E-state index is 0.0199. The fraction of sp³-hybridized carbons (Fsp3) is 0.625. The van der Waals surface area contributed by atoms with Gasteiger partial charge in [-0.3, -0.25) is 48.6 Å². The number of amides is 2. The summed E-state index contributed by atoms with van der Waals surface area (Å²) in [4.78, 5) is 79.5. The molecule has 3 saturated heterocycles. The zero-order valence-corrected chi connectivity index (χ0v) is 33.6. The molecule has 0 aliphatic carbocycles. The molecule has 0 saturated carbocycles. The molecule has 17 nitrogen and oxygen atoms in total. The number of pyridine rings is 1. The zero-order valence-electron chi connectivity index (χ0n) is 33.6. The molecular formula is C40H55F2N9O8. The number of benzene rings is 1. The number of likely N-dealkylation sites (tertiary alicyclic amines) is 1. The second kappa shape index (κ2) is 21.4. The number of fused-ring (bicyclic) bond motifs is 1. The summed E-state index contributed by atoms with van der Waals surface area (Å²) < 4.78 is 33.7. The van der Waals surface area contributed by atoms with Crippen molar-refractivity contribution in [2.24, 2.45) is 0 Å². The summed E-state index contributed by atoms with van der Waals surface area (Å²) in [6, 6.07) is 7.30. The van der Waals surface area contributed by atoms with E-state index in [-0.39, 0.29) is 44.2 Å². The average Bonchev–Trinajstić information content (AvgIpc) is 3.53. The van der Waals surface area contributed by atoms with Crippen LogP contribution in [0, 0.1) is 11.3 Å². The number of piperazine rings is 1. The number of carboxylic acid groups (broad SMARTS) is 2. The average molecular weight is 828 g/mol. The lowest BCUT2D eigenvalue weighted by Crippen LogP contribution is -2.53. The maximum absolute atomic E-state index is 13.8. The van der Waals surface area contributed by atoms with Crippen molar-refractivity contribution >= 4 is 40.4 Å². The molecule has 322 valence electrons. The van der Waals surface area contributed by atoms with Crippen LogP contribution in [0.5, 0.6) is 5.75 Å². The standard InChI is InChI=1S/C40H55F2N9O8/c1-45-10-12-48(27-38(55)56)16-14-47(15-17-49(13-11-45)28-39(57)58)26-37(54)50-20-18-46(19-21-50)9-2-22-59-31-3-4-34-33(23-31)32(7-8-44-34)35(52)5-6-36(53)51-29-40(41,42)24-30(51)25-43/h3-4,7-8,23,30H,2,5-6,9-22,24,26-29H2,1H3,(H,55,56)(H,57,58)/t30-/m0/s1. The molecular weight excluding hydrogens is 772 g/mol. The molecule has 3 aliphatic rings. The van der Waals surface area contributed by atoms with Crippen molar-refractivity contribution in [1.82, 2.24) is 39.3 Å². The van der Waals surface area contributed by atoms with E-state index in [1.807, 2.05) is 26.6 Å². The molecule has 4 heterocycles. The Balaban J connectivity index is 1.07. The first-order valence-corrected chi connectivity index (χ1v) is 20.1. The summed E-state index contributed by atoms with van der Waals surface area (Å²) in [5.41, 5.74) is 0.892. The number of Topliss-reactive ketones (excluding diaryl/α,β-unsaturated/α-hetero) is 1. The molecule has 0 unspecified atom stereocenters. The zero-order chi connectivity index (χ0) is 42.5. The van der Waals surface area contributed by atoms with Gasteiger partial charge in [0, 0.05) is 121 Å². The number of halogens is 2. The summed E-state index contributed by atoms with van der Waals surface area (Å²) >= 11 is 0. The molecule has 0 spiro atoms. The number of hydrogen-bond acceptors (Lipinski definition) is 13. The predicted octanol–water partition coefficient (Wildman–Crippen LogP) is 0.891. The molecule has 3 aliphatic heterocycles. The highest BCUT2D eigenvalue weighted by atomic mass is 19.3. The van der Waals surface area contributed by atoms with E-state index in [4.69, 9.17) is 4.74 Å². The van der Waals surface area contributed by atoms with Crippen LogP contribution in [-0.4, -0.2) is 216 Å². The number of aromatic nitrogens is 1. The van der Waals surface area contributed by atoms with Gasteiger partial charge in [-0.05, 0) is 37.7 Å². The molecule has 1 aromatic carbocycles. The molecule has 2 aromatic rings. The van der Waals surface area contributed by atoms with E-state index < -0.39 is 42.8 Å². The number of ketones is 1. The number of carboxylic acids is 2. The van der Waals surface area contributed by atoms with Gasteiger partial charge in [-0.15, -0.1) is 0 Å². The number of carbonyl (C=O) groups excluding carboxylic acids is 3. The number of nitriles is 1. The van der Waals surface area contributed by atoms with Crippen molar-refractivity contribution < 1.29 is 47.7 Å². The number of ether oxygens (including phenoxy) is 1. The third-order valence-corrected chi connectivity index (χ3v) is 11.1. The van der Waals surface area contributed by atoms with Crippen LogP contribution in [0.4, 0.5) is 8.78 Å². The van der Waals surface area contributed by atoms with Gasteiger partial charge in [-0.1, -0.05) is 0 Å². The lowest BCUT2D eigenvalue weighted by atomic mass is 10.0. The van der Waals surface area contributed by atoms with Gasteiger partial charge in [-0.25, -0.2) is 8.78 Å².